The standard InChI is InChI=1S/C17H13BrClNO3/c1-9-12-7-10(18)3-5-14(12)23-16(9)17(21)20-11-4-6-15(22-2)13(19)8-11/h3-8H,1-2H3,(H,20,21). The van der Waals surface area contributed by atoms with Gasteiger partial charge in [0.1, 0.15) is 11.3 Å². The van der Waals surface area contributed by atoms with E-state index >= 15 is 0 Å². The second-order valence-corrected chi connectivity index (χ2v) is 6.32. The van der Waals surface area contributed by atoms with E-state index in [-0.39, 0.29) is 11.7 Å². The van der Waals surface area contributed by atoms with Crippen LogP contribution in [0.1, 0.15) is 16.1 Å². The van der Waals surface area contributed by atoms with Crippen LogP contribution in [-0.4, -0.2) is 13.0 Å². The number of amides is 1. The average molecular weight is 395 g/mol. The summed E-state index contributed by atoms with van der Waals surface area (Å²) in [6, 6.07) is 10.7. The van der Waals surface area contributed by atoms with Crippen molar-refractivity contribution in [3.05, 3.63) is 57.2 Å². The number of furan rings is 1. The van der Waals surface area contributed by atoms with E-state index in [0.29, 0.717) is 22.0 Å². The number of benzene rings is 2. The number of carbonyl (C=O) groups is 1. The number of aryl methyl sites for hydroxylation is 1. The molecule has 0 unspecified atom stereocenters. The fourth-order valence-corrected chi connectivity index (χ4v) is 2.96. The topological polar surface area (TPSA) is 51.5 Å². The molecule has 2 aromatic carbocycles. The first-order valence-corrected chi connectivity index (χ1v) is 8.00. The first kappa shape index (κ1) is 15.9. The van der Waals surface area contributed by atoms with E-state index in [9.17, 15) is 4.79 Å². The van der Waals surface area contributed by atoms with Gasteiger partial charge < -0.3 is 14.5 Å². The number of halogens is 2. The second kappa shape index (κ2) is 6.26. The fourth-order valence-electron chi connectivity index (χ4n) is 2.34. The third-order valence-electron chi connectivity index (χ3n) is 3.51. The molecule has 0 fully saturated rings. The van der Waals surface area contributed by atoms with Crippen molar-refractivity contribution in [2.24, 2.45) is 0 Å². The predicted octanol–water partition coefficient (Wildman–Crippen LogP) is 5.42. The summed E-state index contributed by atoms with van der Waals surface area (Å²) in [6.07, 6.45) is 0. The molecule has 0 bridgehead atoms. The highest BCUT2D eigenvalue weighted by atomic mass is 79.9. The van der Waals surface area contributed by atoms with Crippen molar-refractivity contribution in [1.82, 2.24) is 0 Å². The zero-order valence-corrected chi connectivity index (χ0v) is 14.8. The maximum atomic E-state index is 12.5. The van der Waals surface area contributed by atoms with Crippen LogP contribution in [0.15, 0.2) is 45.3 Å². The van der Waals surface area contributed by atoms with Gasteiger partial charge in [0.15, 0.2) is 5.76 Å². The number of hydrogen-bond acceptors (Lipinski definition) is 3. The second-order valence-electron chi connectivity index (χ2n) is 5.00. The molecule has 0 aliphatic rings. The van der Waals surface area contributed by atoms with Crippen molar-refractivity contribution in [1.29, 1.82) is 0 Å². The van der Waals surface area contributed by atoms with Gasteiger partial charge in [0.25, 0.3) is 5.91 Å². The minimum atomic E-state index is -0.323. The summed E-state index contributed by atoms with van der Waals surface area (Å²) in [4.78, 5) is 12.5. The Labute approximate surface area is 146 Å². The fraction of sp³-hybridized carbons (Fsp3) is 0.118. The van der Waals surface area contributed by atoms with E-state index in [1.807, 2.05) is 25.1 Å². The van der Waals surface area contributed by atoms with Crippen molar-refractivity contribution >= 4 is 50.1 Å². The van der Waals surface area contributed by atoms with Gasteiger partial charge in [-0.15, -0.1) is 0 Å². The molecule has 0 saturated heterocycles. The minimum Gasteiger partial charge on any atom is -0.495 e. The highest BCUT2D eigenvalue weighted by Crippen LogP contribution is 2.30. The SMILES string of the molecule is COc1ccc(NC(=O)c2oc3ccc(Br)cc3c2C)cc1Cl. The molecule has 23 heavy (non-hydrogen) atoms. The van der Waals surface area contributed by atoms with E-state index in [4.69, 9.17) is 20.8 Å². The number of carbonyl (C=O) groups excluding carboxylic acids is 1. The number of hydrogen-bond donors (Lipinski definition) is 1. The van der Waals surface area contributed by atoms with Gasteiger partial charge in [-0.2, -0.15) is 0 Å². The van der Waals surface area contributed by atoms with Crippen molar-refractivity contribution in [3.63, 3.8) is 0 Å². The van der Waals surface area contributed by atoms with E-state index in [0.717, 1.165) is 15.4 Å². The molecule has 3 rings (SSSR count). The molecule has 0 radical (unpaired) electrons. The first-order chi connectivity index (χ1) is 11.0. The third kappa shape index (κ3) is 3.07. The first-order valence-electron chi connectivity index (χ1n) is 6.83. The average Bonchev–Trinajstić information content (AvgIpc) is 2.84. The van der Waals surface area contributed by atoms with Gasteiger partial charge in [0, 0.05) is 21.1 Å². The smallest absolute Gasteiger partial charge is 0.291 e. The lowest BCUT2D eigenvalue weighted by Gasteiger charge is -2.07. The van der Waals surface area contributed by atoms with Crippen LogP contribution in [-0.2, 0) is 0 Å². The number of ether oxygens (including phenoxy) is 1. The van der Waals surface area contributed by atoms with E-state index in [1.165, 1.54) is 7.11 Å². The van der Waals surface area contributed by atoms with Crippen LogP contribution in [0.2, 0.25) is 5.02 Å². The summed E-state index contributed by atoms with van der Waals surface area (Å²) in [6.45, 7) is 1.86. The molecule has 4 nitrogen and oxygen atoms in total. The van der Waals surface area contributed by atoms with Gasteiger partial charge in [0.05, 0.1) is 12.1 Å². The van der Waals surface area contributed by atoms with Crippen molar-refractivity contribution in [2.45, 2.75) is 6.92 Å². The molecule has 1 heterocycles. The lowest BCUT2D eigenvalue weighted by atomic mass is 10.1. The van der Waals surface area contributed by atoms with Crippen LogP contribution in [0.3, 0.4) is 0 Å². The molecule has 1 aromatic heterocycles. The Morgan fingerprint density at radius 3 is 2.74 bits per heavy atom. The third-order valence-corrected chi connectivity index (χ3v) is 4.30. The maximum Gasteiger partial charge on any atom is 0.291 e. The lowest BCUT2D eigenvalue weighted by Crippen LogP contribution is -2.12. The van der Waals surface area contributed by atoms with Crippen LogP contribution >= 0.6 is 27.5 Å². The summed E-state index contributed by atoms with van der Waals surface area (Å²) in [7, 11) is 1.54. The predicted molar refractivity (Wildman–Crippen MR) is 94.6 cm³/mol. The molecule has 1 amide bonds. The normalized spacial score (nSPS) is 10.8. The molecule has 3 aromatic rings. The number of rotatable bonds is 3. The van der Waals surface area contributed by atoms with E-state index in [1.54, 1.807) is 18.2 Å². The van der Waals surface area contributed by atoms with Gasteiger partial charge in [-0.1, -0.05) is 27.5 Å². The number of nitrogens with one attached hydrogen (secondary N) is 1. The highest BCUT2D eigenvalue weighted by Gasteiger charge is 2.18. The molecule has 0 saturated carbocycles. The maximum absolute atomic E-state index is 12.5. The summed E-state index contributed by atoms with van der Waals surface area (Å²) in [5.41, 5.74) is 2.03. The summed E-state index contributed by atoms with van der Waals surface area (Å²) >= 11 is 9.49. The Morgan fingerprint density at radius 1 is 1.26 bits per heavy atom. The zero-order chi connectivity index (χ0) is 16.6. The van der Waals surface area contributed by atoms with Crippen molar-refractivity contribution < 1.29 is 13.9 Å². The Kier molecular flexibility index (Phi) is 4.33. The molecule has 0 spiro atoms. The minimum absolute atomic E-state index is 0.282. The zero-order valence-electron chi connectivity index (χ0n) is 12.4. The van der Waals surface area contributed by atoms with Crippen molar-refractivity contribution in [2.75, 3.05) is 12.4 Å². The number of fused-ring (bicyclic) bond motifs is 1. The molecule has 0 aliphatic carbocycles. The molecule has 0 aliphatic heterocycles. The Hall–Kier alpha value is -1.98. The van der Waals surface area contributed by atoms with E-state index < -0.39 is 0 Å². The lowest BCUT2D eigenvalue weighted by molar-refractivity contribution is 0.0998. The van der Waals surface area contributed by atoms with Crippen LogP contribution in [0.25, 0.3) is 11.0 Å². The van der Waals surface area contributed by atoms with Gasteiger partial charge in [-0.3, -0.25) is 4.79 Å². The summed E-state index contributed by atoms with van der Waals surface area (Å²) < 4.78 is 11.7. The summed E-state index contributed by atoms with van der Waals surface area (Å²) in [5, 5.41) is 4.11. The van der Waals surface area contributed by atoms with Crippen LogP contribution in [0, 0.1) is 6.92 Å². The van der Waals surface area contributed by atoms with E-state index in [2.05, 4.69) is 21.2 Å². The highest BCUT2D eigenvalue weighted by molar-refractivity contribution is 9.10. The monoisotopic (exact) mass is 393 g/mol. The number of methoxy groups -OCH3 is 1. The molecular formula is C17H13BrClNO3. The Bertz CT molecular complexity index is 904. The largest absolute Gasteiger partial charge is 0.495 e. The molecule has 6 heteroatoms. The molecule has 0 atom stereocenters. The van der Waals surface area contributed by atoms with Gasteiger partial charge in [-0.25, -0.2) is 0 Å². The van der Waals surface area contributed by atoms with Crippen LogP contribution in [0.5, 0.6) is 5.75 Å². The molecular weight excluding hydrogens is 382 g/mol. The summed E-state index contributed by atoms with van der Waals surface area (Å²) in [5.74, 6) is 0.510. The van der Waals surface area contributed by atoms with Gasteiger partial charge in [0.2, 0.25) is 0 Å². The quantitative estimate of drug-likeness (QED) is 0.645. The van der Waals surface area contributed by atoms with Gasteiger partial charge in [-0.05, 0) is 43.3 Å². The van der Waals surface area contributed by atoms with Crippen LogP contribution < -0.4 is 10.1 Å². The molecule has 1 N–H and O–H groups in total. The molecule has 118 valence electrons. The van der Waals surface area contributed by atoms with Crippen LogP contribution in [0.4, 0.5) is 5.69 Å². The Balaban J connectivity index is 1.91. The van der Waals surface area contributed by atoms with Gasteiger partial charge >= 0.3 is 0 Å². The number of anilines is 1. The Morgan fingerprint density at radius 2 is 2.04 bits per heavy atom. The van der Waals surface area contributed by atoms with Crippen molar-refractivity contribution in [3.8, 4) is 5.75 Å².